The highest BCUT2D eigenvalue weighted by molar-refractivity contribution is 5.50. The molecule has 0 spiro atoms. The van der Waals surface area contributed by atoms with Crippen LogP contribution in [0.5, 0.6) is 0 Å². The van der Waals surface area contributed by atoms with Crippen molar-refractivity contribution in [1.29, 1.82) is 0 Å². The maximum Gasteiger partial charge on any atom is 0.455 e. The van der Waals surface area contributed by atoms with Crippen LogP contribution in [0.2, 0.25) is 0 Å². The lowest BCUT2D eigenvalue weighted by Crippen LogP contribution is -2.42. The number of hydrogen-bond acceptors (Lipinski definition) is 1. The van der Waals surface area contributed by atoms with Crippen LogP contribution in [0.4, 0.5) is 27.6 Å². The van der Waals surface area contributed by atoms with Crippen LogP contribution < -0.4 is 5.32 Å². The molecule has 6 heteroatoms. The number of rotatable bonds is 3. The van der Waals surface area contributed by atoms with Crippen molar-refractivity contribution in [2.24, 2.45) is 0 Å². The largest absolute Gasteiger partial charge is 0.455 e. The van der Waals surface area contributed by atoms with Gasteiger partial charge in [0.1, 0.15) is 0 Å². The summed E-state index contributed by atoms with van der Waals surface area (Å²) in [5, 5.41) is 2.09. The molecule has 90 valence electrons. The van der Waals surface area contributed by atoms with Crippen LogP contribution in [-0.2, 0) is 0 Å². The fraction of sp³-hybridized carbons (Fsp3) is 0.400. The van der Waals surface area contributed by atoms with Gasteiger partial charge in [0, 0.05) is 5.69 Å². The molecule has 1 nitrogen and oxygen atoms in total. The summed E-state index contributed by atoms with van der Waals surface area (Å²) in [6.45, 7) is 0.162. The van der Waals surface area contributed by atoms with Crippen LogP contribution >= 0.6 is 0 Å². The van der Waals surface area contributed by atoms with Crippen LogP contribution in [-0.4, -0.2) is 18.6 Å². The monoisotopic (exact) mass is 239 g/mol. The summed E-state index contributed by atoms with van der Waals surface area (Å²) in [6.07, 6.45) is -5.53. The molecule has 0 aliphatic carbocycles. The number of benzene rings is 1. The van der Waals surface area contributed by atoms with Gasteiger partial charge in [0.05, 0.1) is 6.54 Å². The molecule has 0 aliphatic rings. The predicted molar refractivity (Wildman–Crippen MR) is 50.7 cm³/mol. The van der Waals surface area contributed by atoms with E-state index in [1.54, 1.807) is 25.1 Å². The van der Waals surface area contributed by atoms with Gasteiger partial charge in [-0.3, -0.25) is 0 Å². The van der Waals surface area contributed by atoms with E-state index in [9.17, 15) is 22.0 Å². The summed E-state index contributed by atoms with van der Waals surface area (Å²) in [6, 6.07) is 6.29. The molecule has 0 fully saturated rings. The van der Waals surface area contributed by atoms with Gasteiger partial charge >= 0.3 is 12.1 Å². The fourth-order valence-corrected chi connectivity index (χ4v) is 1.08. The lowest BCUT2D eigenvalue weighted by Gasteiger charge is -2.20. The van der Waals surface area contributed by atoms with Gasteiger partial charge in [0.2, 0.25) is 0 Å². The SMILES string of the molecule is Cc1ccccc1NCC(F)(F)C(F)(F)F. The molecule has 0 radical (unpaired) electrons. The highest BCUT2D eigenvalue weighted by Crippen LogP contribution is 2.35. The number of para-hydroxylation sites is 1. The van der Waals surface area contributed by atoms with Gasteiger partial charge in [-0.2, -0.15) is 22.0 Å². The van der Waals surface area contributed by atoms with E-state index < -0.39 is 18.6 Å². The summed E-state index contributed by atoms with van der Waals surface area (Å²) < 4.78 is 60.7. The Morgan fingerprint density at radius 1 is 1.06 bits per heavy atom. The maximum absolute atomic E-state index is 12.6. The highest BCUT2D eigenvalue weighted by atomic mass is 19.4. The van der Waals surface area contributed by atoms with Crippen molar-refractivity contribution < 1.29 is 22.0 Å². The Bertz CT molecular complexity index is 358. The number of halogens is 5. The van der Waals surface area contributed by atoms with Crippen molar-refractivity contribution >= 4 is 5.69 Å². The van der Waals surface area contributed by atoms with Gasteiger partial charge in [-0.15, -0.1) is 0 Å². The van der Waals surface area contributed by atoms with Crippen LogP contribution in [0.15, 0.2) is 24.3 Å². The standard InChI is InChI=1S/C10H10F5N/c1-7-4-2-3-5-8(7)16-6-9(11,12)10(13,14)15/h2-5,16H,6H2,1H3. The maximum atomic E-state index is 12.6. The van der Waals surface area contributed by atoms with Crippen molar-refractivity contribution in [1.82, 2.24) is 0 Å². The molecule has 0 amide bonds. The van der Waals surface area contributed by atoms with Crippen molar-refractivity contribution in [2.75, 3.05) is 11.9 Å². The first-order valence-electron chi connectivity index (χ1n) is 4.48. The molecule has 16 heavy (non-hydrogen) atoms. The van der Waals surface area contributed by atoms with Gasteiger partial charge < -0.3 is 5.32 Å². The molecular weight excluding hydrogens is 229 g/mol. The smallest absolute Gasteiger partial charge is 0.378 e. The molecule has 0 atom stereocenters. The number of anilines is 1. The molecule has 1 N–H and O–H groups in total. The third-order valence-corrected chi connectivity index (χ3v) is 2.06. The highest BCUT2D eigenvalue weighted by Gasteiger charge is 2.57. The van der Waals surface area contributed by atoms with Crippen molar-refractivity contribution in [3.8, 4) is 0 Å². The van der Waals surface area contributed by atoms with Crippen molar-refractivity contribution in [3.63, 3.8) is 0 Å². The quantitative estimate of drug-likeness (QED) is 0.794. The zero-order chi connectivity index (χ0) is 12.4. The molecule has 0 saturated heterocycles. The Labute approximate surface area is 89.3 Å². The average Bonchev–Trinajstić information content (AvgIpc) is 2.15. The van der Waals surface area contributed by atoms with Crippen LogP contribution in [0.1, 0.15) is 5.56 Å². The zero-order valence-corrected chi connectivity index (χ0v) is 8.41. The molecule has 0 saturated carbocycles. The minimum atomic E-state index is -5.53. The van der Waals surface area contributed by atoms with Crippen LogP contribution in [0.25, 0.3) is 0 Å². The zero-order valence-electron chi connectivity index (χ0n) is 8.41. The minimum Gasteiger partial charge on any atom is -0.378 e. The summed E-state index contributed by atoms with van der Waals surface area (Å²) in [7, 11) is 0. The second kappa shape index (κ2) is 4.27. The second-order valence-corrected chi connectivity index (χ2v) is 3.37. The average molecular weight is 239 g/mol. The van der Waals surface area contributed by atoms with Crippen LogP contribution in [0, 0.1) is 6.92 Å². The summed E-state index contributed by atoms with van der Waals surface area (Å²) in [5.41, 5.74) is 0.881. The molecule has 1 aromatic carbocycles. The van der Waals surface area contributed by atoms with Gasteiger partial charge in [-0.05, 0) is 18.6 Å². The normalized spacial score (nSPS) is 12.6. The van der Waals surface area contributed by atoms with E-state index in [1.165, 1.54) is 6.07 Å². The molecule has 0 heterocycles. The van der Waals surface area contributed by atoms with Gasteiger partial charge in [0.25, 0.3) is 0 Å². The second-order valence-electron chi connectivity index (χ2n) is 3.37. The number of alkyl halides is 5. The van der Waals surface area contributed by atoms with E-state index in [-0.39, 0.29) is 5.69 Å². The van der Waals surface area contributed by atoms with Gasteiger partial charge in [-0.25, -0.2) is 0 Å². The number of aryl methyl sites for hydroxylation is 1. The van der Waals surface area contributed by atoms with Crippen LogP contribution in [0.3, 0.4) is 0 Å². The Morgan fingerprint density at radius 3 is 2.12 bits per heavy atom. The van der Waals surface area contributed by atoms with Crippen molar-refractivity contribution in [2.45, 2.75) is 19.0 Å². The molecule has 0 unspecified atom stereocenters. The summed E-state index contributed by atoms with van der Waals surface area (Å²) in [5.74, 6) is -4.73. The molecular formula is C10H10F5N. The third-order valence-electron chi connectivity index (χ3n) is 2.06. The summed E-state index contributed by atoms with van der Waals surface area (Å²) in [4.78, 5) is 0. The van der Waals surface area contributed by atoms with E-state index in [4.69, 9.17) is 0 Å². The van der Waals surface area contributed by atoms with E-state index in [0.29, 0.717) is 5.56 Å². The predicted octanol–water partition coefficient (Wildman–Crippen LogP) is 3.60. The molecule has 1 aromatic rings. The Kier molecular flexibility index (Phi) is 3.40. The van der Waals surface area contributed by atoms with Gasteiger partial charge in [-0.1, -0.05) is 18.2 Å². The Hall–Kier alpha value is -1.33. The van der Waals surface area contributed by atoms with E-state index in [0.717, 1.165) is 0 Å². The number of nitrogens with one attached hydrogen (secondary N) is 1. The lowest BCUT2D eigenvalue weighted by atomic mass is 10.2. The minimum absolute atomic E-state index is 0.270. The van der Waals surface area contributed by atoms with E-state index >= 15 is 0 Å². The Balaban J connectivity index is 2.69. The molecule has 0 aliphatic heterocycles. The molecule has 0 bridgehead atoms. The lowest BCUT2D eigenvalue weighted by molar-refractivity contribution is -0.275. The topological polar surface area (TPSA) is 12.0 Å². The molecule has 0 aromatic heterocycles. The Morgan fingerprint density at radius 2 is 1.62 bits per heavy atom. The first-order valence-corrected chi connectivity index (χ1v) is 4.48. The summed E-state index contributed by atoms with van der Waals surface area (Å²) >= 11 is 0. The fourth-order valence-electron chi connectivity index (χ4n) is 1.08. The first-order chi connectivity index (χ1) is 7.24. The number of hydrogen-bond donors (Lipinski definition) is 1. The van der Waals surface area contributed by atoms with Crippen molar-refractivity contribution in [3.05, 3.63) is 29.8 Å². The third kappa shape index (κ3) is 2.84. The van der Waals surface area contributed by atoms with E-state index in [1.807, 2.05) is 0 Å². The molecule has 1 rings (SSSR count). The first kappa shape index (κ1) is 12.7. The van der Waals surface area contributed by atoms with E-state index in [2.05, 4.69) is 5.32 Å². The van der Waals surface area contributed by atoms with Gasteiger partial charge in [0.15, 0.2) is 0 Å².